The zero-order valence-electron chi connectivity index (χ0n) is 6.88. The molecule has 1 N–H and O–H groups in total. The summed E-state index contributed by atoms with van der Waals surface area (Å²) in [7, 11) is 4.18. The molecule has 0 spiro atoms. The van der Waals surface area contributed by atoms with Crippen LogP contribution in [-0.4, -0.2) is 37.3 Å². The molecule has 1 rings (SSSR count). The van der Waals surface area contributed by atoms with Crippen LogP contribution in [-0.2, 0) is 0 Å². The maximum atomic E-state index is 8.85. The third kappa shape index (κ3) is 1.70. The van der Waals surface area contributed by atoms with Gasteiger partial charge < -0.3 is 10.0 Å². The number of hydrogen-bond donors (Lipinski definition) is 1. The number of rotatable bonds is 3. The van der Waals surface area contributed by atoms with Gasteiger partial charge in [-0.3, -0.25) is 0 Å². The van der Waals surface area contributed by atoms with E-state index >= 15 is 0 Å². The summed E-state index contributed by atoms with van der Waals surface area (Å²) in [5, 5.41) is 8.85. The molecule has 2 nitrogen and oxygen atoms in total. The Morgan fingerprint density at radius 2 is 1.90 bits per heavy atom. The van der Waals surface area contributed by atoms with Crippen molar-refractivity contribution < 1.29 is 5.11 Å². The quantitative estimate of drug-likeness (QED) is 0.624. The Kier molecular flexibility index (Phi) is 2.69. The Balaban J connectivity index is 2.16. The number of aliphatic hydroxyl groups excluding tert-OH is 1. The molecule has 1 aliphatic rings. The molecule has 0 radical (unpaired) electrons. The summed E-state index contributed by atoms with van der Waals surface area (Å²) < 4.78 is 0. The fourth-order valence-corrected chi connectivity index (χ4v) is 1.59. The molecule has 2 unspecified atom stereocenters. The molecule has 0 heterocycles. The summed E-state index contributed by atoms with van der Waals surface area (Å²) in [6.07, 6.45) is 2.54. The van der Waals surface area contributed by atoms with Gasteiger partial charge in [0, 0.05) is 13.2 Å². The van der Waals surface area contributed by atoms with Crippen LogP contribution in [0.1, 0.15) is 12.8 Å². The van der Waals surface area contributed by atoms with Gasteiger partial charge in [0.2, 0.25) is 0 Å². The first-order valence-corrected chi connectivity index (χ1v) is 3.99. The van der Waals surface area contributed by atoms with Crippen LogP contribution in [0.25, 0.3) is 0 Å². The van der Waals surface area contributed by atoms with E-state index in [1.54, 1.807) is 0 Å². The lowest BCUT2D eigenvalue weighted by Gasteiger charge is -2.37. The van der Waals surface area contributed by atoms with Crippen molar-refractivity contribution in [3.05, 3.63) is 0 Å². The van der Waals surface area contributed by atoms with Gasteiger partial charge in [-0.2, -0.15) is 0 Å². The molecule has 0 aromatic rings. The van der Waals surface area contributed by atoms with E-state index < -0.39 is 0 Å². The molecule has 1 fully saturated rings. The van der Waals surface area contributed by atoms with E-state index in [0.29, 0.717) is 12.5 Å². The van der Waals surface area contributed by atoms with Crippen molar-refractivity contribution in [3.8, 4) is 0 Å². The Morgan fingerprint density at radius 3 is 2.20 bits per heavy atom. The molecule has 0 amide bonds. The van der Waals surface area contributed by atoms with Crippen LogP contribution >= 0.6 is 0 Å². The minimum Gasteiger partial charge on any atom is -0.396 e. The Hall–Kier alpha value is -0.0800. The fraction of sp³-hybridized carbons (Fsp3) is 1.00. The van der Waals surface area contributed by atoms with Crippen molar-refractivity contribution in [2.24, 2.45) is 11.8 Å². The largest absolute Gasteiger partial charge is 0.396 e. The highest BCUT2D eigenvalue weighted by molar-refractivity contribution is 4.81. The first-order chi connectivity index (χ1) is 4.74. The van der Waals surface area contributed by atoms with Gasteiger partial charge in [-0.25, -0.2) is 0 Å². The lowest BCUT2D eigenvalue weighted by atomic mass is 9.74. The number of aliphatic hydroxyl groups is 1. The van der Waals surface area contributed by atoms with Crippen molar-refractivity contribution in [2.45, 2.75) is 12.8 Å². The molecule has 2 atom stereocenters. The van der Waals surface area contributed by atoms with Gasteiger partial charge in [-0.15, -0.1) is 0 Å². The van der Waals surface area contributed by atoms with E-state index in [4.69, 9.17) is 5.11 Å². The summed E-state index contributed by atoms with van der Waals surface area (Å²) in [6, 6.07) is 0. The molecule has 10 heavy (non-hydrogen) atoms. The van der Waals surface area contributed by atoms with Crippen LogP contribution in [0.2, 0.25) is 0 Å². The zero-order valence-corrected chi connectivity index (χ0v) is 6.88. The zero-order chi connectivity index (χ0) is 7.56. The van der Waals surface area contributed by atoms with Gasteiger partial charge in [0.05, 0.1) is 0 Å². The summed E-state index contributed by atoms with van der Waals surface area (Å²) in [5.41, 5.74) is 0. The smallest absolute Gasteiger partial charge is 0.0462 e. The van der Waals surface area contributed by atoms with E-state index in [2.05, 4.69) is 19.0 Å². The molecule has 0 bridgehead atoms. The van der Waals surface area contributed by atoms with Gasteiger partial charge in [-0.05, 0) is 38.8 Å². The van der Waals surface area contributed by atoms with Crippen LogP contribution < -0.4 is 0 Å². The molecule has 60 valence electrons. The van der Waals surface area contributed by atoms with Gasteiger partial charge in [0.15, 0.2) is 0 Å². The third-order valence-electron chi connectivity index (χ3n) is 2.41. The average molecular weight is 143 g/mol. The summed E-state index contributed by atoms with van der Waals surface area (Å²) in [4.78, 5) is 2.20. The lowest BCUT2D eigenvalue weighted by molar-refractivity contribution is 0.0716. The minimum atomic E-state index is 0.387. The highest BCUT2D eigenvalue weighted by atomic mass is 16.3. The van der Waals surface area contributed by atoms with E-state index in [0.717, 1.165) is 12.5 Å². The third-order valence-corrected chi connectivity index (χ3v) is 2.41. The number of hydrogen-bond acceptors (Lipinski definition) is 2. The predicted molar refractivity (Wildman–Crippen MR) is 41.9 cm³/mol. The summed E-state index contributed by atoms with van der Waals surface area (Å²) in [5.74, 6) is 1.36. The second-order valence-electron chi connectivity index (χ2n) is 3.54. The average Bonchev–Trinajstić information content (AvgIpc) is 1.82. The van der Waals surface area contributed by atoms with Gasteiger partial charge in [0.25, 0.3) is 0 Å². The minimum absolute atomic E-state index is 0.387. The van der Waals surface area contributed by atoms with Crippen LogP contribution in [0.3, 0.4) is 0 Å². The second kappa shape index (κ2) is 3.35. The molecule has 0 saturated heterocycles. The van der Waals surface area contributed by atoms with Crippen molar-refractivity contribution >= 4 is 0 Å². The van der Waals surface area contributed by atoms with Gasteiger partial charge in [0.1, 0.15) is 0 Å². The van der Waals surface area contributed by atoms with Crippen molar-refractivity contribution in [1.82, 2.24) is 4.90 Å². The number of nitrogens with zero attached hydrogens (tertiary/aromatic N) is 1. The molecule has 2 heteroatoms. The second-order valence-corrected chi connectivity index (χ2v) is 3.54. The van der Waals surface area contributed by atoms with Gasteiger partial charge >= 0.3 is 0 Å². The van der Waals surface area contributed by atoms with E-state index in [9.17, 15) is 0 Å². The van der Waals surface area contributed by atoms with E-state index in [-0.39, 0.29) is 0 Å². The Morgan fingerprint density at radius 1 is 1.30 bits per heavy atom. The SMILES string of the molecule is CN(C)CC1CCC1CO. The maximum absolute atomic E-state index is 8.85. The normalized spacial score (nSPS) is 32.4. The first-order valence-electron chi connectivity index (χ1n) is 3.99. The summed E-state index contributed by atoms with van der Waals surface area (Å²) in [6.45, 7) is 1.53. The van der Waals surface area contributed by atoms with Crippen molar-refractivity contribution in [1.29, 1.82) is 0 Å². The van der Waals surface area contributed by atoms with Crippen LogP contribution in [0.15, 0.2) is 0 Å². The van der Waals surface area contributed by atoms with E-state index in [1.807, 2.05) is 0 Å². The molecule has 0 aliphatic heterocycles. The predicted octanol–water partition coefficient (Wildman–Crippen LogP) is 0.567. The maximum Gasteiger partial charge on any atom is 0.0462 e. The van der Waals surface area contributed by atoms with Crippen molar-refractivity contribution in [3.63, 3.8) is 0 Å². The Labute approximate surface area is 62.8 Å². The lowest BCUT2D eigenvalue weighted by Crippen LogP contribution is -2.36. The van der Waals surface area contributed by atoms with Crippen LogP contribution in [0.5, 0.6) is 0 Å². The van der Waals surface area contributed by atoms with E-state index in [1.165, 1.54) is 12.8 Å². The molecule has 0 aromatic heterocycles. The molecule has 1 aliphatic carbocycles. The molecule has 0 aromatic carbocycles. The molecular formula is C8H17NO. The van der Waals surface area contributed by atoms with Crippen LogP contribution in [0.4, 0.5) is 0 Å². The molecular weight excluding hydrogens is 126 g/mol. The van der Waals surface area contributed by atoms with Crippen LogP contribution in [0, 0.1) is 11.8 Å². The standard InChI is InChI=1S/C8H17NO/c1-9(2)5-7-3-4-8(7)6-10/h7-8,10H,3-6H2,1-2H3. The first kappa shape index (κ1) is 8.02. The fourth-order valence-electron chi connectivity index (χ4n) is 1.59. The highest BCUT2D eigenvalue weighted by Gasteiger charge is 2.29. The topological polar surface area (TPSA) is 23.5 Å². The monoisotopic (exact) mass is 143 g/mol. The molecule has 1 saturated carbocycles. The summed E-state index contributed by atoms with van der Waals surface area (Å²) >= 11 is 0. The highest BCUT2D eigenvalue weighted by Crippen LogP contribution is 2.33. The van der Waals surface area contributed by atoms with Gasteiger partial charge in [-0.1, -0.05) is 0 Å². The Bertz CT molecular complexity index is 101. The van der Waals surface area contributed by atoms with Crippen molar-refractivity contribution in [2.75, 3.05) is 27.2 Å².